The number of rotatable bonds is 14. The summed E-state index contributed by atoms with van der Waals surface area (Å²) in [5.74, 6) is -1.96. The lowest BCUT2D eigenvalue weighted by Gasteiger charge is -2.44. The number of aromatic amines is 1. The van der Waals surface area contributed by atoms with Gasteiger partial charge in [-0.1, -0.05) is 17.7 Å². The van der Waals surface area contributed by atoms with Crippen molar-refractivity contribution in [1.82, 2.24) is 14.9 Å². The van der Waals surface area contributed by atoms with Crippen LogP contribution in [0.2, 0.25) is 0 Å². The van der Waals surface area contributed by atoms with Crippen LogP contribution in [0.4, 0.5) is 0 Å². The number of carbonyl (C=O) groups excluding carboxylic acids is 1. The number of benzene rings is 1. The molecular weight excluding hydrogens is 760 g/mol. The third-order valence-electron chi connectivity index (χ3n) is 7.16. The van der Waals surface area contributed by atoms with Crippen molar-refractivity contribution in [2.75, 3.05) is 19.0 Å². The molecule has 1 amide bonds. The Balaban J connectivity index is 1.40. The van der Waals surface area contributed by atoms with Crippen LogP contribution in [0, 0.1) is 6.92 Å². The van der Waals surface area contributed by atoms with Gasteiger partial charge in [0.05, 0.1) is 23.9 Å². The molecule has 4 rings (SSSR count). The van der Waals surface area contributed by atoms with E-state index in [-0.39, 0.29) is 15.7 Å². The Morgan fingerprint density at radius 3 is 2.26 bits per heavy atom. The number of nitrogens with one attached hydrogen (secondary N) is 2. The number of aryl methyl sites for hydroxylation is 1. The van der Waals surface area contributed by atoms with Gasteiger partial charge >= 0.3 is 5.69 Å². The zero-order valence-electron chi connectivity index (χ0n) is 25.4. The number of nitrogens with zero attached hydrogens (tertiary/aromatic N) is 1. The molecule has 2 fully saturated rings. The minimum Gasteiger partial charge on any atom is -0.756 e. The van der Waals surface area contributed by atoms with Crippen molar-refractivity contribution >= 4 is 41.2 Å². The lowest BCUT2D eigenvalue weighted by atomic mass is 9.97. The fraction of sp³-hybridized carbons (Fsp3) is 0.542. The number of phosphoric ester groups is 2. The highest BCUT2D eigenvalue weighted by Crippen LogP contribution is 2.57. The van der Waals surface area contributed by atoms with E-state index in [1.165, 1.54) is 24.3 Å². The van der Waals surface area contributed by atoms with Crippen LogP contribution >= 0.6 is 26.4 Å². The molecule has 0 saturated carbocycles. The fourth-order valence-corrected chi connectivity index (χ4v) is 9.21. The van der Waals surface area contributed by atoms with Gasteiger partial charge in [0.25, 0.3) is 21.2 Å². The third kappa shape index (κ3) is 9.95. The van der Waals surface area contributed by atoms with Gasteiger partial charge in [-0.05, 0) is 29.9 Å². The molecule has 0 spiro atoms. The lowest BCUT2D eigenvalue weighted by molar-refractivity contribution is -0.285. The van der Waals surface area contributed by atoms with Gasteiger partial charge in [0.1, 0.15) is 42.7 Å². The monoisotopic (exact) mass is 791 g/mol. The second-order valence-corrected chi connectivity index (χ2v) is 17.6. The number of aromatic nitrogens is 2. The van der Waals surface area contributed by atoms with Crippen LogP contribution in [0.1, 0.15) is 11.8 Å². The van der Waals surface area contributed by atoms with Crippen LogP contribution in [0.25, 0.3) is 0 Å². The molecule has 7 N–H and O–H groups in total. The van der Waals surface area contributed by atoms with E-state index in [1.807, 2.05) is 10.3 Å². The summed E-state index contributed by atoms with van der Waals surface area (Å²) in [6.07, 6.45) is -14.4. The number of H-pyrrole nitrogens is 1. The van der Waals surface area contributed by atoms with Gasteiger partial charge in [0, 0.05) is 12.3 Å². The van der Waals surface area contributed by atoms with Crippen LogP contribution in [0.5, 0.6) is 0 Å². The molecule has 1 aromatic heterocycles. The smallest absolute Gasteiger partial charge is 0.330 e. The van der Waals surface area contributed by atoms with Crippen LogP contribution in [-0.4, -0.2) is 117 Å². The molecule has 2 aliphatic heterocycles. The van der Waals surface area contributed by atoms with E-state index >= 15 is 0 Å². The molecule has 3 heterocycles. The van der Waals surface area contributed by atoms with Crippen molar-refractivity contribution < 1.29 is 80.5 Å². The standard InChI is InChI=1S/C24H33N3O19P2S2/c1-11-2-4-12(5-3-11)50(40,41)49-10-16(30)25-17-20(33)18(31)13(8-28)44-23(17)45-48(38,39)46-47(36,37)42-9-14-19(32)21(34)22(43-14)27-7-6-15(29)26-24(27)35/h2-7,13-14,17-23,28,31-34H,8-10H2,1H3,(H,25,30)(H,36,37)(H,38,39)(H,26,29,35)/p-2. The van der Waals surface area contributed by atoms with Gasteiger partial charge in [0.15, 0.2) is 12.5 Å². The summed E-state index contributed by atoms with van der Waals surface area (Å²) in [4.78, 5) is 62.8. The fourth-order valence-electron chi connectivity index (χ4n) is 4.64. The number of aliphatic hydroxyl groups excluding tert-OH is 5. The predicted molar refractivity (Wildman–Crippen MR) is 161 cm³/mol. The highest BCUT2D eigenvalue weighted by atomic mass is 33.1. The average Bonchev–Trinajstić information content (AvgIpc) is 3.30. The Bertz CT molecular complexity index is 1840. The molecular formula is C24H31N3O19P2S2-2. The highest BCUT2D eigenvalue weighted by molar-refractivity contribution is 8.72. The summed E-state index contributed by atoms with van der Waals surface area (Å²) >= 11 is 0. The molecule has 11 atom stereocenters. The number of phosphoric acid groups is 2. The van der Waals surface area contributed by atoms with E-state index in [0.29, 0.717) is 4.57 Å². The minimum atomic E-state index is -6.13. The highest BCUT2D eigenvalue weighted by Gasteiger charge is 2.48. The van der Waals surface area contributed by atoms with Crippen molar-refractivity contribution in [3.63, 3.8) is 0 Å². The Morgan fingerprint density at radius 1 is 1.00 bits per heavy atom. The van der Waals surface area contributed by atoms with Gasteiger partial charge in [-0.25, -0.2) is 17.5 Å². The molecule has 1 aromatic carbocycles. The van der Waals surface area contributed by atoms with Gasteiger partial charge in [-0.3, -0.25) is 32.8 Å². The molecule has 0 aliphatic carbocycles. The first-order chi connectivity index (χ1) is 23.2. The summed E-state index contributed by atoms with van der Waals surface area (Å²) < 4.78 is 74.4. The van der Waals surface area contributed by atoms with Crippen molar-refractivity contribution in [2.24, 2.45) is 0 Å². The van der Waals surface area contributed by atoms with E-state index in [9.17, 15) is 67.3 Å². The molecule has 2 aliphatic rings. The van der Waals surface area contributed by atoms with Gasteiger partial charge in [0.2, 0.25) is 14.8 Å². The van der Waals surface area contributed by atoms with Crippen LogP contribution in [0.3, 0.4) is 0 Å². The lowest BCUT2D eigenvalue weighted by Crippen LogP contribution is -2.64. The number of aliphatic hydroxyl groups is 5. The first-order valence-electron chi connectivity index (χ1n) is 14.1. The number of hydrogen-bond acceptors (Lipinski definition) is 20. The zero-order chi connectivity index (χ0) is 37.2. The molecule has 280 valence electrons. The summed E-state index contributed by atoms with van der Waals surface area (Å²) in [7, 11) is -16.0. The van der Waals surface area contributed by atoms with Crippen LogP contribution < -0.4 is 26.4 Å². The van der Waals surface area contributed by atoms with E-state index in [0.717, 1.165) is 17.8 Å². The van der Waals surface area contributed by atoms with Crippen molar-refractivity contribution in [3.05, 3.63) is 62.9 Å². The van der Waals surface area contributed by atoms with Gasteiger partial charge in [-0.15, -0.1) is 0 Å². The molecule has 50 heavy (non-hydrogen) atoms. The third-order valence-corrected chi connectivity index (χ3v) is 13.1. The molecule has 2 aromatic rings. The van der Waals surface area contributed by atoms with Crippen molar-refractivity contribution in [1.29, 1.82) is 0 Å². The summed E-state index contributed by atoms with van der Waals surface area (Å²) in [6, 6.07) is 4.51. The maximum absolute atomic E-state index is 12.7. The summed E-state index contributed by atoms with van der Waals surface area (Å²) in [6.45, 7) is -0.496. The number of ether oxygens (including phenoxy) is 2. The minimum absolute atomic E-state index is 0.132. The SMILES string of the molecule is Cc1ccc(S(=O)(=O)SCC(=O)NC2C(OP(=O)([O-])OP(=O)([O-])OCC3OC(n4ccc(=O)[nH]c4=O)C(O)C3O)OC(CO)C(O)C2O)cc1. The van der Waals surface area contributed by atoms with Gasteiger partial charge in [-0.2, -0.15) is 0 Å². The molecule has 22 nitrogen and oxygen atoms in total. The molecule has 0 radical (unpaired) electrons. The Kier molecular flexibility index (Phi) is 13.0. The van der Waals surface area contributed by atoms with Gasteiger partial charge < -0.3 is 54.6 Å². The maximum atomic E-state index is 12.7. The first kappa shape index (κ1) is 40.4. The average molecular weight is 792 g/mol. The Hall–Kier alpha value is -2.35. The van der Waals surface area contributed by atoms with Crippen molar-refractivity contribution in [2.45, 2.75) is 67.0 Å². The first-order valence-corrected chi connectivity index (χ1v) is 20.0. The number of amides is 1. The topological polar surface area (TPSA) is 346 Å². The maximum Gasteiger partial charge on any atom is 0.330 e. The van der Waals surface area contributed by atoms with E-state index in [1.54, 1.807) is 6.92 Å². The summed E-state index contributed by atoms with van der Waals surface area (Å²) in [5, 5.41) is 52.9. The largest absolute Gasteiger partial charge is 0.756 e. The van der Waals surface area contributed by atoms with Crippen molar-refractivity contribution in [3.8, 4) is 0 Å². The van der Waals surface area contributed by atoms with Crippen LogP contribution in [-0.2, 0) is 45.6 Å². The van der Waals surface area contributed by atoms with E-state index in [4.69, 9.17) is 9.47 Å². The predicted octanol–water partition coefficient (Wildman–Crippen LogP) is -4.50. The molecule has 2 saturated heterocycles. The van der Waals surface area contributed by atoms with Crippen LogP contribution in [0.15, 0.2) is 51.0 Å². The number of carbonyl (C=O) groups is 1. The number of hydrogen-bond donors (Lipinski definition) is 7. The molecule has 26 heteroatoms. The van der Waals surface area contributed by atoms with E-state index in [2.05, 4.69) is 13.4 Å². The summed E-state index contributed by atoms with van der Waals surface area (Å²) in [5.41, 5.74) is -1.08. The second-order valence-electron chi connectivity index (χ2n) is 10.8. The molecule has 11 unspecified atom stereocenters. The quantitative estimate of drug-likeness (QED) is 0.0700. The molecule has 0 bridgehead atoms. The van der Waals surface area contributed by atoms with E-state index < -0.39 is 116 Å². The Labute approximate surface area is 285 Å². The second kappa shape index (κ2) is 16.1. The normalized spacial score (nSPS) is 31.1. The Morgan fingerprint density at radius 2 is 1.64 bits per heavy atom. The zero-order valence-corrected chi connectivity index (χ0v) is 28.8.